The predicted octanol–water partition coefficient (Wildman–Crippen LogP) is 4.78. The normalized spacial score (nSPS) is 14.3. The molecular weight excluding hydrogens is 416 g/mol. The Hall–Kier alpha value is -3.58. The number of Topliss-reactive ketones (excluding diaryl/α,β-unsaturated/α-hetero) is 1. The highest BCUT2D eigenvalue weighted by atomic mass is 32.2. The lowest BCUT2D eigenvalue weighted by atomic mass is 10.1. The smallest absolute Gasteiger partial charge is 0.339 e. The Morgan fingerprint density at radius 3 is 2.48 bits per heavy atom. The van der Waals surface area contributed by atoms with E-state index in [-0.39, 0.29) is 27.9 Å². The summed E-state index contributed by atoms with van der Waals surface area (Å²) in [6.45, 7) is 4.23. The maximum Gasteiger partial charge on any atom is 0.339 e. The van der Waals surface area contributed by atoms with Crippen molar-refractivity contribution in [3.63, 3.8) is 0 Å². The first-order valence-corrected chi connectivity index (χ1v) is 11.1. The van der Waals surface area contributed by atoms with Gasteiger partial charge in [-0.1, -0.05) is 35.9 Å². The van der Waals surface area contributed by atoms with Gasteiger partial charge in [0.2, 0.25) is 5.78 Å². The van der Waals surface area contributed by atoms with Crippen molar-refractivity contribution in [2.24, 2.45) is 0 Å². The molecule has 0 amide bonds. The topological polar surface area (TPSA) is 78.9 Å². The number of carbonyl (C=O) groups excluding carboxylic acids is 1. The maximum atomic E-state index is 12.7. The molecule has 0 fully saturated rings. The number of para-hydroxylation sites is 1. The highest BCUT2D eigenvalue weighted by molar-refractivity contribution is 7.87. The predicted molar refractivity (Wildman–Crippen MR) is 116 cm³/mol. The second kappa shape index (κ2) is 8.28. The summed E-state index contributed by atoms with van der Waals surface area (Å²) < 4.78 is 41.6. The van der Waals surface area contributed by atoms with Gasteiger partial charge in [0.05, 0.1) is 12.2 Å². The number of allylic oxidation sites excluding steroid dienone is 1. The second-order valence-corrected chi connectivity index (χ2v) is 8.47. The summed E-state index contributed by atoms with van der Waals surface area (Å²) in [6.07, 6.45) is 1.61. The van der Waals surface area contributed by atoms with Crippen molar-refractivity contribution in [1.82, 2.24) is 0 Å². The van der Waals surface area contributed by atoms with Crippen LogP contribution in [0.1, 0.15) is 28.4 Å². The van der Waals surface area contributed by atoms with Crippen LogP contribution in [0.2, 0.25) is 0 Å². The monoisotopic (exact) mass is 436 g/mol. The first-order chi connectivity index (χ1) is 14.9. The number of hydrogen-bond donors (Lipinski definition) is 0. The van der Waals surface area contributed by atoms with Crippen LogP contribution < -0.4 is 13.7 Å². The van der Waals surface area contributed by atoms with Gasteiger partial charge in [0.15, 0.2) is 5.76 Å². The number of ketones is 1. The quantitative estimate of drug-likeness (QED) is 0.409. The number of carbonyl (C=O) groups is 1. The van der Waals surface area contributed by atoms with E-state index in [1.54, 1.807) is 18.2 Å². The number of fused-ring (bicyclic) bond motifs is 1. The van der Waals surface area contributed by atoms with Crippen LogP contribution in [-0.4, -0.2) is 20.8 Å². The van der Waals surface area contributed by atoms with Crippen LogP contribution in [0.5, 0.6) is 17.2 Å². The summed E-state index contributed by atoms with van der Waals surface area (Å²) in [7, 11) is -4.01. The lowest BCUT2D eigenvalue weighted by Gasteiger charge is -2.08. The average molecular weight is 436 g/mol. The highest BCUT2D eigenvalue weighted by Crippen LogP contribution is 2.36. The van der Waals surface area contributed by atoms with E-state index in [0.717, 1.165) is 5.56 Å². The second-order valence-electron chi connectivity index (χ2n) is 6.92. The fourth-order valence-electron chi connectivity index (χ4n) is 3.13. The van der Waals surface area contributed by atoms with Crippen LogP contribution in [0.25, 0.3) is 6.08 Å². The molecule has 7 heteroatoms. The van der Waals surface area contributed by atoms with E-state index in [0.29, 0.717) is 23.5 Å². The molecule has 0 N–H and O–H groups in total. The van der Waals surface area contributed by atoms with E-state index in [1.807, 2.05) is 38.1 Å². The van der Waals surface area contributed by atoms with Crippen molar-refractivity contribution in [3.05, 3.63) is 89.2 Å². The Balaban J connectivity index is 1.60. The lowest BCUT2D eigenvalue weighted by molar-refractivity contribution is 0.101. The number of ether oxygens (including phenoxy) is 2. The zero-order valence-corrected chi connectivity index (χ0v) is 17.8. The zero-order chi connectivity index (χ0) is 22.0. The summed E-state index contributed by atoms with van der Waals surface area (Å²) in [5.74, 6) is 0.762. The molecule has 0 saturated carbocycles. The van der Waals surface area contributed by atoms with E-state index in [4.69, 9.17) is 13.7 Å². The van der Waals surface area contributed by atoms with Gasteiger partial charge in [-0.2, -0.15) is 8.42 Å². The third kappa shape index (κ3) is 4.32. The third-order valence-electron chi connectivity index (χ3n) is 4.66. The van der Waals surface area contributed by atoms with Crippen LogP contribution in [0.4, 0.5) is 0 Å². The van der Waals surface area contributed by atoms with Gasteiger partial charge in [-0.25, -0.2) is 0 Å². The Kier molecular flexibility index (Phi) is 5.52. The standard InChI is InChI=1S/C24H20O6S/c1-3-28-21-7-5-4-6-17(21)14-23-24(25)20-13-10-18(15-22(20)29-23)30-31(26,27)19-11-8-16(2)9-12-19/h4-15H,3H2,1-2H3/b23-14-. The lowest BCUT2D eigenvalue weighted by Crippen LogP contribution is -2.09. The third-order valence-corrected chi connectivity index (χ3v) is 5.92. The molecule has 3 aromatic rings. The van der Waals surface area contributed by atoms with Gasteiger partial charge < -0.3 is 13.7 Å². The summed E-state index contributed by atoms with van der Waals surface area (Å²) in [5.41, 5.74) is 1.98. The number of benzene rings is 3. The van der Waals surface area contributed by atoms with E-state index in [9.17, 15) is 13.2 Å². The minimum absolute atomic E-state index is 0.0451. The van der Waals surface area contributed by atoms with Crippen molar-refractivity contribution < 1.29 is 26.9 Å². The Morgan fingerprint density at radius 1 is 1.00 bits per heavy atom. The molecule has 0 aromatic heterocycles. The molecule has 0 saturated heterocycles. The molecule has 4 rings (SSSR count). The molecule has 6 nitrogen and oxygen atoms in total. The molecular formula is C24H20O6S. The molecule has 0 bridgehead atoms. The SMILES string of the molecule is CCOc1ccccc1/C=C1\Oc2cc(OS(=O)(=O)c3ccc(C)cc3)ccc2C1=O. The summed E-state index contributed by atoms with van der Waals surface area (Å²) >= 11 is 0. The van der Waals surface area contributed by atoms with Crippen LogP contribution in [0.3, 0.4) is 0 Å². The van der Waals surface area contributed by atoms with Crippen LogP contribution in [0.15, 0.2) is 77.4 Å². The number of hydrogen-bond acceptors (Lipinski definition) is 6. The highest BCUT2D eigenvalue weighted by Gasteiger charge is 2.29. The van der Waals surface area contributed by atoms with E-state index < -0.39 is 10.1 Å². The molecule has 1 heterocycles. The van der Waals surface area contributed by atoms with E-state index in [2.05, 4.69) is 0 Å². The minimum Gasteiger partial charge on any atom is -0.493 e. The maximum absolute atomic E-state index is 12.7. The van der Waals surface area contributed by atoms with Gasteiger partial charge >= 0.3 is 10.1 Å². The van der Waals surface area contributed by atoms with Crippen molar-refractivity contribution in [1.29, 1.82) is 0 Å². The van der Waals surface area contributed by atoms with Crippen LogP contribution in [-0.2, 0) is 10.1 Å². The van der Waals surface area contributed by atoms with Crippen molar-refractivity contribution in [2.75, 3.05) is 6.61 Å². The number of rotatable bonds is 6. The van der Waals surface area contributed by atoms with Gasteiger partial charge in [0, 0.05) is 11.6 Å². The number of aryl methyl sites for hydroxylation is 1. The average Bonchev–Trinajstić information content (AvgIpc) is 3.04. The fraction of sp³-hybridized carbons (Fsp3) is 0.125. The van der Waals surface area contributed by atoms with Gasteiger partial charge in [0.25, 0.3) is 0 Å². The van der Waals surface area contributed by atoms with Crippen molar-refractivity contribution in [3.8, 4) is 17.2 Å². The van der Waals surface area contributed by atoms with E-state index in [1.165, 1.54) is 30.3 Å². The minimum atomic E-state index is -4.01. The molecule has 0 radical (unpaired) electrons. The van der Waals surface area contributed by atoms with Crippen LogP contribution in [0, 0.1) is 6.92 Å². The Labute approximate surface area is 180 Å². The summed E-state index contributed by atoms with van der Waals surface area (Å²) in [4.78, 5) is 12.8. The molecule has 0 atom stereocenters. The van der Waals surface area contributed by atoms with Crippen LogP contribution >= 0.6 is 0 Å². The Bertz CT molecular complexity index is 1270. The van der Waals surface area contributed by atoms with Gasteiger partial charge in [-0.3, -0.25) is 4.79 Å². The van der Waals surface area contributed by atoms with Gasteiger partial charge in [-0.15, -0.1) is 0 Å². The molecule has 3 aromatic carbocycles. The first kappa shape index (κ1) is 20.7. The zero-order valence-electron chi connectivity index (χ0n) is 17.0. The largest absolute Gasteiger partial charge is 0.493 e. The summed E-state index contributed by atoms with van der Waals surface area (Å²) in [5, 5.41) is 0. The molecule has 158 valence electrons. The van der Waals surface area contributed by atoms with E-state index >= 15 is 0 Å². The van der Waals surface area contributed by atoms with Gasteiger partial charge in [-0.05, 0) is 50.3 Å². The molecule has 0 aliphatic carbocycles. The fourth-order valence-corrected chi connectivity index (χ4v) is 4.05. The Morgan fingerprint density at radius 2 is 1.74 bits per heavy atom. The van der Waals surface area contributed by atoms with Gasteiger partial charge in [0.1, 0.15) is 22.1 Å². The first-order valence-electron chi connectivity index (χ1n) is 9.68. The molecule has 1 aliphatic rings. The summed E-state index contributed by atoms with van der Waals surface area (Å²) in [6, 6.07) is 18.0. The molecule has 0 spiro atoms. The molecule has 0 unspecified atom stereocenters. The van der Waals surface area contributed by atoms with Crippen molar-refractivity contribution >= 4 is 22.0 Å². The van der Waals surface area contributed by atoms with Crippen molar-refractivity contribution in [2.45, 2.75) is 18.7 Å². The molecule has 31 heavy (non-hydrogen) atoms. The molecule has 1 aliphatic heterocycles.